The number of carbonyl (C=O) groups excluding carboxylic acids is 1. The van der Waals surface area contributed by atoms with Gasteiger partial charge in [-0.2, -0.15) is 0 Å². The van der Waals surface area contributed by atoms with E-state index in [1.165, 1.54) is 18.1 Å². The minimum absolute atomic E-state index is 0.211. The molecule has 3 aliphatic carbocycles. The molecule has 1 N–H and O–H groups in total. The van der Waals surface area contributed by atoms with Gasteiger partial charge in [0.2, 0.25) is 0 Å². The standard InChI is InChI=1S/C22H34O3/c1-13(2)8-7-9-14(3)17-12-18(24)21(6)20(17)19-15(4)10-11-22(19,21)25-16(5)23/h8,15,17-20,24H,3,7,9-12H2,1-2,4-6H3. The second-order valence-electron chi connectivity index (χ2n) is 9.17. The molecule has 25 heavy (non-hydrogen) atoms. The van der Waals surface area contributed by atoms with Gasteiger partial charge in [-0.25, -0.2) is 0 Å². The fraction of sp³-hybridized carbons (Fsp3) is 0.773. The van der Waals surface area contributed by atoms with E-state index in [0.29, 0.717) is 23.7 Å². The fourth-order valence-corrected chi connectivity index (χ4v) is 6.52. The average molecular weight is 347 g/mol. The van der Waals surface area contributed by atoms with Gasteiger partial charge in [-0.1, -0.05) is 37.6 Å². The zero-order valence-corrected chi connectivity index (χ0v) is 16.5. The summed E-state index contributed by atoms with van der Waals surface area (Å²) in [6.07, 6.45) is 6.58. The third-order valence-corrected chi connectivity index (χ3v) is 7.58. The smallest absolute Gasteiger partial charge is 0.303 e. The molecule has 3 heteroatoms. The predicted molar refractivity (Wildman–Crippen MR) is 99.9 cm³/mol. The van der Waals surface area contributed by atoms with Crippen molar-refractivity contribution in [3.63, 3.8) is 0 Å². The lowest BCUT2D eigenvalue weighted by atomic mass is 9.43. The number of aliphatic hydroxyl groups is 1. The van der Waals surface area contributed by atoms with Crippen LogP contribution in [0.3, 0.4) is 0 Å². The molecule has 3 nitrogen and oxygen atoms in total. The fourth-order valence-electron chi connectivity index (χ4n) is 6.52. The lowest BCUT2D eigenvalue weighted by Gasteiger charge is -2.65. The van der Waals surface area contributed by atoms with Gasteiger partial charge in [0, 0.05) is 18.3 Å². The van der Waals surface area contributed by atoms with Crippen LogP contribution in [0.15, 0.2) is 23.8 Å². The summed E-state index contributed by atoms with van der Waals surface area (Å²) in [5.74, 6) is 1.43. The van der Waals surface area contributed by atoms with E-state index in [-0.39, 0.29) is 11.4 Å². The van der Waals surface area contributed by atoms with E-state index in [1.54, 1.807) is 0 Å². The largest absolute Gasteiger partial charge is 0.458 e. The maximum absolute atomic E-state index is 11.8. The highest BCUT2D eigenvalue weighted by Gasteiger charge is 2.80. The number of rotatable bonds is 5. The Morgan fingerprint density at radius 3 is 2.60 bits per heavy atom. The summed E-state index contributed by atoms with van der Waals surface area (Å²) in [7, 11) is 0. The van der Waals surface area contributed by atoms with Crippen molar-refractivity contribution in [2.24, 2.45) is 29.1 Å². The van der Waals surface area contributed by atoms with Crippen LogP contribution >= 0.6 is 0 Å². The Bertz CT molecular complexity index is 602. The Morgan fingerprint density at radius 2 is 2.00 bits per heavy atom. The van der Waals surface area contributed by atoms with Crippen LogP contribution in [-0.4, -0.2) is 22.8 Å². The molecule has 7 unspecified atom stereocenters. The first-order valence-electron chi connectivity index (χ1n) is 9.83. The number of ether oxygens (including phenoxy) is 1. The number of hydrogen-bond donors (Lipinski definition) is 1. The van der Waals surface area contributed by atoms with E-state index < -0.39 is 11.7 Å². The van der Waals surface area contributed by atoms with E-state index in [1.807, 2.05) is 0 Å². The Labute approximate surface area is 152 Å². The number of hydrogen-bond acceptors (Lipinski definition) is 3. The summed E-state index contributed by atoms with van der Waals surface area (Å²) in [4.78, 5) is 11.8. The summed E-state index contributed by atoms with van der Waals surface area (Å²) in [6, 6.07) is 0. The molecule has 0 aromatic carbocycles. The molecular weight excluding hydrogens is 312 g/mol. The SMILES string of the molecule is C=C(CCC=C(C)C)C1CC(O)C2(C)C1C1C(C)CCC12OC(C)=O. The highest BCUT2D eigenvalue weighted by atomic mass is 16.6. The van der Waals surface area contributed by atoms with Crippen LogP contribution in [0.4, 0.5) is 0 Å². The van der Waals surface area contributed by atoms with E-state index in [2.05, 4.69) is 40.3 Å². The van der Waals surface area contributed by atoms with Crippen molar-refractivity contribution in [1.82, 2.24) is 0 Å². The van der Waals surface area contributed by atoms with Gasteiger partial charge in [-0.05, 0) is 63.7 Å². The van der Waals surface area contributed by atoms with Crippen molar-refractivity contribution in [2.75, 3.05) is 0 Å². The number of aliphatic hydroxyl groups excluding tert-OH is 1. The molecule has 0 aromatic heterocycles. The predicted octanol–water partition coefficient (Wildman–Crippen LogP) is 4.65. The molecule has 0 aliphatic heterocycles. The Kier molecular flexibility index (Phi) is 4.68. The van der Waals surface area contributed by atoms with Crippen LogP contribution in [0.5, 0.6) is 0 Å². The van der Waals surface area contributed by atoms with Gasteiger partial charge in [0.25, 0.3) is 0 Å². The van der Waals surface area contributed by atoms with Crippen LogP contribution in [0.25, 0.3) is 0 Å². The molecule has 7 atom stereocenters. The lowest BCUT2D eigenvalue weighted by molar-refractivity contribution is -0.277. The second kappa shape index (κ2) is 6.26. The topological polar surface area (TPSA) is 46.5 Å². The molecule has 0 heterocycles. The molecule has 3 fully saturated rings. The molecule has 3 rings (SSSR count). The minimum atomic E-state index is -0.461. The molecule has 0 amide bonds. The summed E-state index contributed by atoms with van der Waals surface area (Å²) in [5, 5.41) is 11.0. The van der Waals surface area contributed by atoms with Crippen LogP contribution in [0, 0.1) is 29.1 Å². The Morgan fingerprint density at radius 1 is 1.32 bits per heavy atom. The molecule has 0 bridgehead atoms. The van der Waals surface area contributed by atoms with Gasteiger partial charge >= 0.3 is 5.97 Å². The monoisotopic (exact) mass is 346 g/mol. The summed E-state index contributed by atoms with van der Waals surface area (Å²) in [5.41, 5.74) is 1.82. The molecule has 0 aromatic rings. The van der Waals surface area contributed by atoms with Gasteiger partial charge in [-0.3, -0.25) is 4.79 Å². The molecule has 3 saturated carbocycles. The van der Waals surface area contributed by atoms with Crippen LogP contribution < -0.4 is 0 Å². The first-order chi connectivity index (χ1) is 11.6. The van der Waals surface area contributed by atoms with E-state index in [9.17, 15) is 9.90 Å². The lowest BCUT2D eigenvalue weighted by Crippen LogP contribution is -2.71. The van der Waals surface area contributed by atoms with Crippen molar-refractivity contribution in [3.8, 4) is 0 Å². The third-order valence-electron chi connectivity index (χ3n) is 7.58. The highest BCUT2D eigenvalue weighted by Crippen LogP contribution is 2.76. The zero-order chi connectivity index (χ0) is 18.6. The van der Waals surface area contributed by atoms with E-state index in [4.69, 9.17) is 4.74 Å². The number of allylic oxidation sites excluding steroid dienone is 3. The third kappa shape index (κ3) is 2.53. The van der Waals surface area contributed by atoms with Crippen molar-refractivity contribution in [2.45, 2.75) is 78.4 Å². The van der Waals surface area contributed by atoms with Gasteiger partial charge in [0.05, 0.1) is 6.10 Å². The number of esters is 1. The number of fused-ring (bicyclic) bond motifs is 4. The summed E-state index contributed by atoms with van der Waals surface area (Å²) >= 11 is 0. The first kappa shape index (κ1) is 18.7. The van der Waals surface area contributed by atoms with Crippen molar-refractivity contribution >= 4 is 5.97 Å². The van der Waals surface area contributed by atoms with Gasteiger partial charge in [-0.15, -0.1) is 0 Å². The van der Waals surface area contributed by atoms with Crippen molar-refractivity contribution in [1.29, 1.82) is 0 Å². The van der Waals surface area contributed by atoms with E-state index >= 15 is 0 Å². The molecule has 3 aliphatic rings. The van der Waals surface area contributed by atoms with Crippen LogP contribution in [0.2, 0.25) is 0 Å². The average Bonchev–Trinajstić information content (AvgIpc) is 2.91. The quantitative estimate of drug-likeness (QED) is 0.582. The summed E-state index contributed by atoms with van der Waals surface area (Å²) < 4.78 is 5.96. The Hall–Kier alpha value is -1.09. The molecule has 0 radical (unpaired) electrons. The molecule has 0 saturated heterocycles. The number of carbonyl (C=O) groups is 1. The van der Waals surface area contributed by atoms with Crippen LogP contribution in [0.1, 0.15) is 66.7 Å². The highest BCUT2D eigenvalue weighted by molar-refractivity contribution is 5.67. The van der Waals surface area contributed by atoms with Crippen molar-refractivity contribution < 1.29 is 14.6 Å². The first-order valence-corrected chi connectivity index (χ1v) is 9.83. The van der Waals surface area contributed by atoms with Crippen LogP contribution in [-0.2, 0) is 9.53 Å². The maximum atomic E-state index is 11.8. The second-order valence-corrected chi connectivity index (χ2v) is 9.17. The molecular formula is C22H34O3. The minimum Gasteiger partial charge on any atom is -0.458 e. The summed E-state index contributed by atoms with van der Waals surface area (Å²) in [6.45, 7) is 14.6. The van der Waals surface area contributed by atoms with Gasteiger partial charge < -0.3 is 9.84 Å². The maximum Gasteiger partial charge on any atom is 0.303 e. The van der Waals surface area contributed by atoms with E-state index in [0.717, 1.165) is 32.1 Å². The van der Waals surface area contributed by atoms with Gasteiger partial charge in [0.1, 0.15) is 5.60 Å². The molecule has 140 valence electrons. The Balaban J connectivity index is 1.85. The zero-order valence-electron chi connectivity index (χ0n) is 16.5. The van der Waals surface area contributed by atoms with Crippen molar-refractivity contribution in [3.05, 3.63) is 23.8 Å². The van der Waals surface area contributed by atoms with Gasteiger partial charge in [0.15, 0.2) is 0 Å². The molecule has 0 spiro atoms. The normalized spacial score (nSPS) is 44.5.